The Morgan fingerprint density at radius 2 is 2.10 bits per heavy atom. The zero-order valence-electron chi connectivity index (χ0n) is 10.4. The van der Waals surface area contributed by atoms with Gasteiger partial charge in [0.05, 0.1) is 4.47 Å². The van der Waals surface area contributed by atoms with Gasteiger partial charge in [0.1, 0.15) is 18.0 Å². The number of halogens is 2. The van der Waals surface area contributed by atoms with Crippen molar-refractivity contribution in [1.29, 1.82) is 0 Å². The molecular weight excluding hydrogens is 398 g/mol. The molecule has 110 valence electrons. The van der Waals surface area contributed by atoms with E-state index in [0.717, 1.165) is 6.08 Å². The van der Waals surface area contributed by atoms with Crippen LogP contribution >= 0.6 is 31.9 Å². The Morgan fingerprint density at radius 3 is 2.65 bits per heavy atom. The van der Waals surface area contributed by atoms with Gasteiger partial charge < -0.3 is 14.9 Å². The van der Waals surface area contributed by atoms with E-state index in [-0.39, 0.29) is 11.3 Å². The van der Waals surface area contributed by atoms with E-state index in [1.54, 1.807) is 6.07 Å². The molecule has 0 heterocycles. The Bertz CT molecular complexity index is 521. The number of hydrogen-bond donors (Lipinski definition) is 4. The fourth-order valence-corrected chi connectivity index (χ4v) is 2.78. The summed E-state index contributed by atoms with van der Waals surface area (Å²) in [5, 5.41) is 28.5. The van der Waals surface area contributed by atoms with Gasteiger partial charge in [0.25, 0.3) is 5.91 Å². The number of ether oxygens (including phenoxy) is 1. The first-order chi connectivity index (χ1) is 9.40. The number of rotatable bonds is 5. The van der Waals surface area contributed by atoms with Crippen molar-refractivity contribution in [3.8, 4) is 5.75 Å². The van der Waals surface area contributed by atoms with E-state index in [9.17, 15) is 15.0 Å². The van der Waals surface area contributed by atoms with Gasteiger partial charge in [0.15, 0.2) is 0 Å². The van der Waals surface area contributed by atoms with Crippen LogP contribution in [-0.2, 0) is 9.53 Å². The number of aromatic hydroxyl groups is 1. The summed E-state index contributed by atoms with van der Waals surface area (Å²) in [4.78, 5) is 10.9. The molecule has 0 spiro atoms. The molecule has 8 heteroatoms. The molecule has 0 aliphatic heterocycles. The highest BCUT2D eigenvalue weighted by Gasteiger charge is 2.23. The second-order valence-corrected chi connectivity index (χ2v) is 5.58. The van der Waals surface area contributed by atoms with Crippen LogP contribution in [0.1, 0.15) is 11.7 Å². The van der Waals surface area contributed by atoms with Crippen molar-refractivity contribution in [2.75, 3.05) is 7.11 Å². The standard InChI is InChI=1S/C12H13Br2NO5/c1-20-9(2-3-10(16)15-19)12(18)7-4-6(13)5-8(14)11(7)17/h2-5,9,12,17-19H,1H3,(H,15,16)/b3-2+/t9-,12-/m0/s1. The Labute approximate surface area is 132 Å². The number of benzene rings is 1. The maximum absolute atomic E-state index is 10.9. The first-order valence-electron chi connectivity index (χ1n) is 5.41. The van der Waals surface area contributed by atoms with E-state index in [2.05, 4.69) is 31.9 Å². The molecule has 0 bridgehead atoms. The molecule has 6 nitrogen and oxygen atoms in total. The summed E-state index contributed by atoms with van der Waals surface area (Å²) in [6.07, 6.45) is 0.210. The van der Waals surface area contributed by atoms with Crippen molar-refractivity contribution in [1.82, 2.24) is 5.48 Å². The Morgan fingerprint density at radius 1 is 1.45 bits per heavy atom. The number of carbonyl (C=O) groups is 1. The third kappa shape index (κ3) is 4.29. The van der Waals surface area contributed by atoms with E-state index in [1.807, 2.05) is 0 Å². The maximum Gasteiger partial charge on any atom is 0.267 e. The zero-order valence-corrected chi connectivity index (χ0v) is 13.6. The minimum atomic E-state index is -1.20. The number of hydroxylamine groups is 1. The van der Waals surface area contributed by atoms with Crippen LogP contribution in [0.4, 0.5) is 0 Å². The number of hydrogen-bond acceptors (Lipinski definition) is 5. The van der Waals surface area contributed by atoms with Gasteiger partial charge in [0, 0.05) is 23.2 Å². The summed E-state index contributed by atoms with van der Waals surface area (Å²) >= 11 is 6.41. The second-order valence-electron chi connectivity index (χ2n) is 3.81. The first kappa shape index (κ1) is 17.1. The molecule has 4 N–H and O–H groups in total. The lowest BCUT2D eigenvalue weighted by molar-refractivity contribution is -0.124. The molecule has 0 unspecified atom stereocenters. The summed E-state index contributed by atoms with van der Waals surface area (Å²) in [7, 11) is 1.35. The number of nitrogens with one attached hydrogen (secondary N) is 1. The lowest BCUT2D eigenvalue weighted by atomic mass is 10.0. The second kappa shape index (κ2) is 7.75. The van der Waals surface area contributed by atoms with Gasteiger partial charge in [-0.2, -0.15) is 0 Å². The van der Waals surface area contributed by atoms with Gasteiger partial charge in [-0.25, -0.2) is 5.48 Å². The molecule has 0 fully saturated rings. The largest absolute Gasteiger partial charge is 0.506 e. The summed E-state index contributed by atoms with van der Waals surface area (Å²) in [5.74, 6) is -0.873. The molecule has 0 aliphatic carbocycles. The number of aliphatic hydroxyl groups excluding tert-OH is 1. The van der Waals surface area contributed by atoms with Crippen LogP contribution in [0.25, 0.3) is 0 Å². The SMILES string of the molecule is CO[C@@H](/C=C/C(=O)NO)[C@@H](O)c1cc(Br)cc(Br)c1O. The van der Waals surface area contributed by atoms with Crippen LogP contribution in [-0.4, -0.2) is 34.5 Å². The molecule has 0 aliphatic rings. The molecule has 1 rings (SSSR count). The Kier molecular flexibility index (Phi) is 6.63. The Hall–Kier alpha value is -0.930. The minimum absolute atomic E-state index is 0.122. The van der Waals surface area contributed by atoms with Crippen LogP contribution < -0.4 is 5.48 Å². The fourth-order valence-electron chi connectivity index (χ4n) is 1.52. The van der Waals surface area contributed by atoms with Gasteiger partial charge in [-0.05, 0) is 34.1 Å². The quantitative estimate of drug-likeness (QED) is 0.338. The van der Waals surface area contributed by atoms with Crippen LogP contribution in [0.2, 0.25) is 0 Å². The van der Waals surface area contributed by atoms with Crippen molar-refractivity contribution in [3.63, 3.8) is 0 Å². The van der Waals surface area contributed by atoms with E-state index in [4.69, 9.17) is 9.94 Å². The van der Waals surface area contributed by atoms with Crippen molar-refractivity contribution in [2.24, 2.45) is 0 Å². The highest BCUT2D eigenvalue weighted by molar-refractivity contribution is 9.11. The van der Waals surface area contributed by atoms with Gasteiger partial charge >= 0.3 is 0 Å². The zero-order chi connectivity index (χ0) is 15.3. The molecule has 2 atom stereocenters. The van der Waals surface area contributed by atoms with Crippen molar-refractivity contribution in [3.05, 3.63) is 38.8 Å². The molecule has 0 aromatic heterocycles. The van der Waals surface area contributed by atoms with Crippen LogP contribution in [0.5, 0.6) is 5.75 Å². The number of amides is 1. The van der Waals surface area contributed by atoms with Crippen LogP contribution in [0.3, 0.4) is 0 Å². The van der Waals surface area contributed by atoms with Crippen molar-refractivity contribution < 1.29 is 25.0 Å². The highest BCUT2D eigenvalue weighted by Crippen LogP contribution is 2.36. The summed E-state index contributed by atoms with van der Waals surface area (Å²) in [6.45, 7) is 0. The molecule has 1 aromatic rings. The molecule has 1 aromatic carbocycles. The fraction of sp³-hybridized carbons (Fsp3) is 0.250. The molecule has 0 saturated heterocycles. The predicted octanol–water partition coefficient (Wildman–Crippen LogP) is 2.03. The van der Waals surface area contributed by atoms with E-state index >= 15 is 0 Å². The first-order valence-corrected chi connectivity index (χ1v) is 7.00. The summed E-state index contributed by atoms with van der Waals surface area (Å²) < 4.78 is 6.12. The molecular formula is C12H13Br2NO5. The van der Waals surface area contributed by atoms with Gasteiger partial charge in [-0.1, -0.05) is 15.9 Å². The molecule has 0 radical (unpaired) electrons. The average Bonchev–Trinajstić information content (AvgIpc) is 2.42. The normalized spacial score (nSPS) is 14.2. The van der Waals surface area contributed by atoms with Crippen molar-refractivity contribution in [2.45, 2.75) is 12.2 Å². The summed E-state index contributed by atoms with van der Waals surface area (Å²) in [6, 6.07) is 3.17. The number of aliphatic hydroxyl groups is 1. The molecule has 1 amide bonds. The third-order valence-electron chi connectivity index (χ3n) is 2.51. The number of phenolic OH excluding ortho intramolecular Hbond substituents is 1. The van der Waals surface area contributed by atoms with Crippen LogP contribution in [0.15, 0.2) is 33.2 Å². The Balaban J connectivity index is 3.05. The molecule has 0 saturated carbocycles. The van der Waals surface area contributed by atoms with E-state index < -0.39 is 18.1 Å². The van der Waals surface area contributed by atoms with E-state index in [1.165, 1.54) is 24.7 Å². The monoisotopic (exact) mass is 409 g/mol. The van der Waals surface area contributed by atoms with Gasteiger partial charge in [0.2, 0.25) is 0 Å². The maximum atomic E-state index is 10.9. The highest BCUT2D eigenvalue weighted by atomic mass is 79.9. The van der Waals surface area contributed by atoms with Crippen LogP contribution in [0, 0.1) is 0 Å². The number of carbonyl (C=O) groups excluding carboxylic acids is 1. The van der Waals surface area contributed by atoms with Gasteiger partial charge in [-0.3, -0.25) is 10.0 Å². The third-order valence-corrected chi connectivity index (χ3v) is 3.57. The van der Waals surface area contributed by atoms with E-state index in [0.29, 0.717) is 8.95 Å². The lowest BCUT2D eigenvalue weighted by Gasteiger charge is -2.20. The summed E-state index contributed by atoms with van der Waals surface area (Å²) in [5.41, 5.74) is 1.65. The number of phenols is 1. The lowest BCUT2D eigenvalue weighted by Crippen LogP contribution is -2.21. The molecule has 20 heavy (non-hydrogen) atoms. The minimum Gasteiger partial charge on any atom is -0.506 e. The topological polar surface area (TPSA) is 99.0 Å². The van der Waals surface area contributed by atoms with Crippen molar-refractivity contribution >= 4 is 37.8 Å². The average molecular weight is 411 g/mol. The van der Waals surface area contributed by atoms with Gasteiger partial charge in [-0.15, -0.1) is 0 Å². The smallest absolute Gasteiger partial charge is 0.267 e. The number of methoxy groups -OCH3 is 1. The predicted molar refractivity (Wildman–Crippen MR) is 78.3 cm³/mol.